The lowest BCUT2D eigenvalue weighted by molar-refractivity contribution is -0.149. The Hall–Kier alpha value is -0.530. The maximum Gasteiger partial charge on any atom is 0.305 e. The Morgan fingerprint density at radius 3 is 2.31 bits per heavy atom. The zero-order valence-corrected chi connectivity index (χ0v) is 9.14. The van der Waals surface area contributed by atoms with Gasteiger partial charge in [0.05, 0.1) is 0 Å². The molecular formula is C11H22O2. The molecule has 0 aromatic carbocycles. The number of hydrogen-bond donors (Lipinski definition) is 0. The van der Waals surface area contributed by atoms with Gasteiger partial charge in [0.15, 0.2) is 0 Å². The quantitative estimate of drug-likeness (QED) is 0.570. The van der Waals surface area contributed by atoms with Crippen LogP contribution in [0, 0.1) is 0 Å². The van der Waals surface area contributed by atoms with E-state index >= 15 is 0 Å². The van der Waals surface area contributed by atoms with Crippen molar-refractivity contribution >= 4 is 5.97 Å². The summed E-state index contributed by atoms with van der Waals surface area (Å²) in [6, 6.07) is 0. The molecule has 0 saturated carbocycles. The highest BCUT2D eigenvalue weighted by molar-refractivity contribution is 5.69. The van der Waals surface area contributed by atoms with Gasteiger partial charge in [0.25, 0.3) is 0 Å². The third-order valence-corrected chi connectivity index (χ3v) is 2.08. The largest absolute Gasteiger partial charge is 0.462 e. The monoisotopic (exact) mass is 186 g/mol. The highest BCUT2D eigenvalue weighted by Crippen LogP contribution is 2.11. The predicted octanol–water partition coefficient (Wildman–Crippen LogP) is 3.30. The smallest absolute Gasteiger partial charge is 0.305 e. The maximum absolute atomic E-state index is 11.0. The summed E-state index contributed by atoms with van der Waals surface area (Å²) < 4.78 is 5.30. The number of esters is 1. The molecule has 0 spiro atoms. The van der Waals surface area contributed by atoms with Gasteiger partial charge in [-0.15, -0.1) is 0 Å². The minimum Gasteiger partial charge on any atom is -0.462 e. The van der Waals surface area contributed by atoms with Gasteiger partial charge >= 0.3 is 5.97 Å². The second kappa shape index (κ2) is 8.09. The summed E-state index contributed by atoms with van der Waals surface area (Å²) >= 11 is 0. The molecule has 0 N–H and O–H groups in total. The molecule has 0 aliphatic carbocycles. The van der Waals surface area contributed by atoms with Crippen molar-refractivity contribution in [2.24, 2.45) is 0 Å². The van der Waals surface area contributed by atoms with Crippen molar-refractivity contribution in [2.75, 3.05) is 0 Å². The van der Waals surface area contributed by atoms with E-state index in [0.717, 1.165) is 25.7 Å². The first-order chi connectivity index (χ1) is 6.24. The molecule has 0 aromatic heterocycles. The number of unbranched alkanes of at least 4 members (excludes halogenated alkanes) is 1. The average Bonchev–Trinajstić information content (AvgIpc) is 2.14. The van der Waals surface area contributed by atoms with Crippen molar-refractivity contribution in [3.63, 3.8) is 0 Å². The van der Waals surface area contributed by atoms with Crippen LogP contribution in [0.4, 0.5) is 0 Å². The zero-order chi connectivity index (χ0) is 10.1. The second-order valence-electron chi connectivity index (χ2n) is 3.40. The van der Waals surface area contributed by atoms with Gasteiger partial charge in [-0.2, -0.15) is 0 Å². The van der Waals surface area contributed by atoms with Crippen molar-refractivity contribution in [2.45, 2.75) is 65.4 Å². The van der Waals surface area contributed by atoms with Gasteiger partial charge < -0.3 is 4.74 Å². The summed E-state index contributed by atoms with van der Waals surface area (Å²) in [5.74, 6) is -0.0606. The topological polar surface area (TPSA) is 26.3 Å². The summed E-state index contributed by atoms with van der Waals surface area (Å²) in [4.78, 5) is 11.0. The maximum atomic E-state index is 11.0. The third-order valence-electron chi connectivity index (χ3n) is 2.08. The van der Waals surface area contributed by atoms with Crippen molar-refractivity contribution < 1.29 is 9.53 Å². The third kappa shape index (κ3) is 6.62. The number of hydrogen-bond acceptors (Lipinski definition) is 2. The lowest BCUT2D eigenvalue weighted by atomic mass is 10.1. The van der Waals surface area contributed by atoms with E-state index in [-0.39, 0.29) is 12.1 Å². The van der Waals surface area contributed by atoms with Crippen LogP contribution in [-0.2, 0) is 9.53 Å². The fraction of sp³-hybridized carbons (Fsp3) is 0.909. The van der Waals surface area contributed by atoms with E-state index in [0.29, 0.717) is 6.42 Å². The molecule has 1 unspecified atom stereocenters. The van der Waals surface area contributed by atoms with Crippen molar-refractivity contribution in [3.05, 3.63) is 0 Å². The van der Waals surface area contributed by atoms with Crippen LogP contribution in [0.2, 0.25) is 0 Å². The minimum absolute atomic E-state index is 0.0606. The summed E-state index contributed by atoms with van der Waals surface area (Å²) in [6.07, 6.45) is 6.10. The Balaban J connectivity index is 3.71. The van der Waals surface area contributed by atoms with Crippen LogP contribution in [0.25, 0.3) is 0 Å². The van der Waals surface area contributed by atoms with E-state index in [1.807, 2.05) is 6.92 Å². The molecule has 0 saturated heterocycles. The number of carbonyl (C=O) groups excluding carboxylic acids is 1. The highest BCUT2D eigenvalue weighted by atomic mass is 16.5. The standard InChI is InChI=1S/C11H22O2/c1-4-7-9-10(8-5-2)13-11(12)6-3/h10H,4-9H2,1-3H3. The highest BCUT2D eigenvalue weighted by Gasteiger charge is 2.11. The molecule has 0 aliphatic rings. The molecule has 0 radical (unpaired) electrons. The molecular weight excluding hydrogens is 164 g/mol. The molecule has 0 aromatic rings. The minimum atomic E-state index is -0.0606. The SMILES string of the molecule is CCCCC(CCC)OC(=O)CC. The normalized spacial score (nSPS) is 12.5. The number of rotatable bonds is 7. The van der Waals surface area contributed by atoms with Crippen LogP contribution in [0.15, 0.2) is 0 Å². The van der Waals surface area contributed by atoms with Crippen molar-refractivity contribution in [1.82, 2.24) is 0 Å². The Kier molecular flexibility index (Phi) is 7.76. The Labute approximate surface area is 81.7 Å². The first-order valence-corrected chi connectivity index (χ1v) is 5.44. The van der Waals surface area contributed by atoms with Crippen LogP contribution in [0.3, 0.4) is 0 Å². The van der Waals surface area contributed by atoms with Crippen LogP contribution < -0.4 is 0 Å². The first-order valence-electron chi connectivity index (χ1n) is 5.44. The molecule has 0 heterocycles. The predicted molar refractivity (Wildman–Crippen MR) is 54.6 cm³/mol. The molecule has 0 aliphatic heterocycles. The van der Waals surface area contributed by atoms with Gasteiger partial charge in [0.2, 0.25) is 0 Å². The van der Waals surface area contributed by atoms with E-state index in [9.17, 15) is 4.79 Å². The fourth-order valence-electron chi connectivity index (χ4n) is 1.29. The van der Waals surface area contributed by atoms with Crippen molar-refractivity contribution in [1.29, 1.82) is 0 Å². The lowest BCUT2D eigenvalue weighted by Gasteiger charge is -2.16. The van der Waals surface area contributed by atoms with E-state index in [1.54, 1.807) is 0 Å². The van der Waals surface area contributed by atoms with Gasteiger partial charge in [0, 0.05) is 6.42 Å². The summed E-state index contributed by atoms with van der Waals surface area (Å²) in [5, 5.41) is 0. The Bertz CT molecular complexity index is 132. The molecule has 0 amide bonds. The van der Waals surface area contributed by atoms with Crippen LogP contribution in [0.1, 0.15) is 59.3 Å². The van der Waals surface area contributed by atoms with Gasteiger partial charge in [-0.1, -0.05) is 40.0 Å². The van der Waals surface area contributed by atoms with E-state index < -0.39 is 0 Å². The summed E-state index contributed by atoms with van der Waals surface area (Å²) in [5.41, 5.74) is 0. The molecule has 0 fully saturated rings. The van der Waals surface area contributed by atoms with Crippen LogP contribution in [0.5, 0.6) is 0 Å². The molecule has 78 valence electrons. The number of ether oxygens (including phenoxy) is 1. The second-order valence-corrected chi connectivity index (χ2v) is 3.40. The van der Waals surface area contributed by atoms with E-state index in [1.165, 1.54) is 6.42 Å². The fourth-order valence-corrected chi connectivity index (χ4v) is 1.29. The van der Waals surface area contributed by atoms with Gasteiger partial charge in [-0.05, 0) is 12.8 Å². The van der Waals surface area contributed by atoms with Gasteiger partial charge in [-0.25, -0.2) is 0 Å². The average molecular weight is 186 g/mol. The number of carbonyl (C=O) groups is 1. The zero-order valence-electron chi connectivity index (χ0n) is 9.14. The molecule has 13 heavy (non-hydrogen) atoms. The Morgan fingerprint density at radius 2 is 1.85 bits per heavy atom. The molecule has 2 nitrogen and oxygen atoms in total. The van der Waals surface area contributed by atoms with Gasteiger partial charge in [0.1, 0.15) is 6.10 Å². The van der Waals surface area contributed by atoms with E-state index in [2.05, 4.69) is 13.8 Å². The van der Waals surface area contributed by atoms with Gasteiger partial charge in [-0.3, -0.25) is 4.79 Å². The first kappa shape index (κ1) is 12.5. The van der Waals surface area contributed by atoms with Crippen LogP contribution in [-0.4, -0.2) is 12.1 Å². The van der Waals surface area contributed by atoms with Crippen molar-refractivity contribution in [3.8, 4) is 0 Å². The molecule has 1 atom stereocenters. The van der Waals surface area contributed by atoms with Crippen LogP contribution >= 0.6 is 0 Å². The Morgan fingerprint density at radius 1 is 1.15 bits per heavy atom. The molecule has 0 rings (SSSR count). The molecule has 0 bridgehead atoms. The van der Waals surface area contributed by atoms with E-state index in [4.69, 9.17) is 4.74 Å². The molecule has 2 heteroatoms. The summed E-state index contributed by atoms with van der Waals surface area (Å²) in [6.45, 7) is 6.12. The summed E-state index contributed by atoms with van der Waals surface area (Å²) in [7, 11) is 0. The lowest BCUT2D eigenvalue weighted by Crippen LogP contribution is -2.17.